The maximum Gasteiger partial charge on any atom is 0.407 e. The molecular weight excluding hydrogens is 566 g/mol. The highest BCUT2D eigenvalue weighted by Gasteiger charge is 2.28. The van der Waals surface area contributed by atoms with E-state index in [1.54, 1.807) is 41.0 Å². The van der Waals surface area contributed by atoms with Crippen molar-refractivity contribution in [2.24, 2.45) is 5.92 Å². The zero-order valence-electron chi connectivity index (χ0n) is 23.3. The van der Waals surface area contributed by atoms with Gasteiger partial charge in [0.25, 0.3) is 0 Å². The number of piperidine rings is 1. The van der Waals surface area contributed by atoms with Crippen molar-refractivity contribution in [2.45, 2.75) is 19.8 Å². The number of para-hydroxylation sites is 1. The Kier molecular flexibility index (Phi) is 8.29. The third-order valence-corrected chi connectivity index (χ3v) is 8.27. The number of carbonyl (C=O) groups is 1. The molecule has 222 valence electrons. The maximum absolute atomic E-state index is 13.1. The average molecular weight is 598 g/mol. The van der Waals surface area contributed by atoms with Gasteiger partial charge in [0, 0.05) is 19.2 Å². The number of hydrogen-bond acceptors (Lipinski definition) is 10. The van der Waals surface area contributed by atoms with Gasteiger partial charge in [-0.2, -0.15) is 0 Å². The van der Waals surface area contributed by atoms with E-state index in [0.29, 0.717) is 67.1 Å². The second-order valence-electron chi connectivity index (χ2n) is 9.57. The second kappa shape index (κ2) is 12.1. The SMILES string of the molecule is CCOc1cccc(-c2nc3ncc(NS(=O)(=O)CC4CCN(C(=O)O)CC4)nc3n2-c2c(OC)cccc2OC)n1. The molecule has 1 saturated heterocycles. The molecule has 0 spiro atoms. The molecule has 0 aliphatic carbocycles. The molecule has 42 heavy (non-hydrogen) atoms. The Morgan fingerprint density at radius 2 is 1.74 bits per heavy atom. The molecule has 0 atom stereocenters. The van der Waals surface area contributed by atoms with Crippen molar-refractivity contribution in [1.82, 2.24) is 29.4 Å². The van der Waals surface area contributed by atoms with Crippen LogP contribution in [0.2, 0.25) is 0 Å². The minimum atomic E-state index is -3.83. The van der Waals surface area contributed by atoms with Crippen molar-refractivity contribution in [3.05, 3.63) is 42.6 Å². The molecule has 1 aliphatic heterocycles. The number of sulfonamides is 1. The Labute approximate surface area is 242 Å². The molecule has 0 bridgehead atoms. The van der Waals surface area contributed by atoms with E-state index in [4.69, 9.17) is 24.3 Å². The lowest BCUT2D eigenvalue weighted by Crippen LogP contribution is -2.39. The first kappa shape index (κ1) is 28.9. The van der Waals surface area contributed by atoms with Crippen molar-refractivity contribution in [2.75, 3.05) is 44.4 Å². The predicted molar refractivity (Wildman–Crippen MR) is 154 cm³/mol. The number of fused-ring (bicyclic) bond motifs is 1. The van der Waals surface area contributed by atoms with Gasteiger partial charge in [-0.05, 0) is 43.9 Å². The quantitative estimate of drug-likeness (QED) is 0.274. The monoisotopic (exact) mass is 597 g/mol. The minimum absolute atomic E-state index is 0.00284. The fraction of sp³-hybridized carbons (Fsp3) is 0.370. The zero-order valence-corrected chi connectivity index (χ0v) is 24.2. The Morgan fingerprint density at radius 1 is 1.05 bits per heavy atom. The molecule has 5 rings (SSSR count). The van der Waals surface area contributed by atoms with Crippen LogP contribution in [0.25, 0.3) is 28.5 Å². The smallest absolute Gasteiger partial charge is 0.407 e. The van der Waals surface area contributed by atoms with Crippen LogP contribution in [-0.4, -0.2) is 88.7 Å². The number of amides is 1. The van der Waals surface area contributed by atoms with Gasteiger partial charge in [0.05, 0.1) is 32.8 Å². The van der Waals surface area contributed by atoms with Gasteiger partial charge in [0.1, 0.15) is 22.9 Å². The Morgan fingerprint density at radius 3 is 2.38 bits per heavy atom. The lowest BCUT2D eigenvalue weighted by atomic mass is 9.99. The molecule has 3 aromatic heterocycles. The molecule has 0 saturated carbocycles. The number of imidazole rings is 1. The highest BCUT2D eigenvalue weighted by molar-refractivity contribution is 7.92. The number of aromatic nitrogens is 5. The summed E-state index contributed by atoms with van der Waals surface area (Å²) < 4.78 is 47.3. The van der Waals surface area contributed by atoms with E-state index in [0.717, 1.165) is 0 Å². The van der Waals surface area contributed by atoms with E-state index in [2.05, 4.69) is 19.7 Å². The number of carboxylic acid groups (broad SMARTS) is 1. The van der Waals surface area contributed by atoms with E-state index < -0.39 is 16.1 Å². The molecule has 0 unspecified atom stereocenters. The third kappa shape index (κ3) is 6.00. The van der Waals surface area contributed by atoms with Gasteiger partial charge in [-0.3, -0.25) is 9.29 Å². The third-order valence-electron chi connectivity index (χ3n) is 6.84. The average Bonchev–Trinajstić information content (AvgIpc) is 3.35. The Bertz CT molecular complexity index is 1680. The van der Waals surface area contributed by atoms with E-state index in [1.807, 2.05) is 6.92 Å². The van der Waals surface area contributed by atoms with Gasteiger partial charge < -0.3 is 24.2 Å². The van der Waals surface area contributed by atoms with E-state index in [9.17, 15) is 13.2 Å². The number of anilines is 1. The first-order valence-electron chi connectivity index (χ1n) is 13.3. The van der Waals surface area contributed by atoms with Crippen LogP contribution in [0.15, 0.2) is 42.6 Å². The van der Waals surface area contributed by atoms with E-state index in [-0.39, 0.29) is 28.8 Å². The lowest BCUT2D eigenvalue weighted by Gasteiger charge is -2.29. The lowest BCUT2D eigenvalue weighted by molar-refractivity contribution is 0.127. The summed E-state index contributed by atoms with van der Waals surface area (Å²) in [6.45, 7) is 2.88. The summed E-state index contributed by atoms with van der Waals surface area (Å²) in [4.78, 5) is 30.8. The van der Waals surface area contributed by atoms with Crippen LogP contribution in [-0.2, 0) is 10.0 Å². The van der Waals surface area contributed by atoms with Crippen molar-refractivity contribution in [1.29, 1.82) is 0 Å². The van der Waals surface area contributed by atoms with Gasteiger partial charge in [0.2, 0.25) is 15.9 Å². The first-order chi connectivity index (χ1) is 20.2. The topological polar surface area (TPSA) is 171 Å². The minimum Gasteiger partial charge on any atom is -0.494 e. The number of likely N-dealkylation sites (tertiary alicyclic amines) is 1. The second-order valence-corrected chi connectivity index (χ2v) is 11.3. The fourth-order valence-electron chi connectivity index (χ4n) is 4.91. The fourth-order valence-corrected chi connectivity index (χ4v) is 6.36. The highest BCUT2D eigenvalue weighted by atomic mass is 32.2. The number of nitrogens with zero attached hydrogens (tertiary/aromatic N) is 6. The number of methoxy groups -OCH3 is 2. The van der Waals surface area contributed by atoms with Gasteiger partial charge >= 0.3 is 6.09 Å². The molecule has 1 amide bonds. The van der Waals surface area contributed by atoms with Gasteiger partial charge in [-0.25, -0.2) is 33.1 Å². The van der Waals surface area contributed by atoms with Crippen LogP contribution in [0.4, 0.5) is 10.6 Å². The summed E-state index contributed by atoms with van der Waals surface area (Å²) >= 11 is 0. The van der Waals surface area contributed by atoms with Gasteiger partial charge in [0.15, 0.2) is 22.9 Å². The van der Waals surface area contributed by atoms with Crippen molar-refractivity contribution in [3.8, 4) is 34.6 Å². The summed E-state index contributed by atoms with van der Waals surface area (Å²) in [5.74, 6) is 1.33. The molecule has 0 radical (unpaired) electrons. The van der Waals surface area contributed by atoms with Crippen LogP contribution < -0.4 is 18.9 Å². The number of benzene rings is 1. The van der Waals surface area contributed by atoms with Crippen LogP contribution in [0.5, 0.6) is 17.4 Å². The van der Waals surface area contributed by atoms with E-state index >= 15 is 0 Å². The Hall–Kier alpha value is -4.66. The molecule has 1 aromatic carbocycles. The normalized spacial score (nSPS) is 14.1. The number of ether oxygens (including phenoxy) is 3. The van der Waals surface area contributed by atoms with Crippen LogP contribution in [0.1, 0.15) is 19.8 Å². The Balaban J connectivity index is 1.56. The first-order valence-corrected chi connectivity index (χ1v) is 14.9. The van der Waals surface area contributed by atoms with Crippen molar-refractivity contribution in [3.63, 3.8) is 0 Å². The maximum atomic E-state index is 13.1. The van der Waals surface area contributed by atoms with Crippen LogP contribution in [0, 0.1) is 5.92 Å². The van der Waals surface area contributed by atoms with Gasteiger partial charge in [-0.1, -0.05) is 12.1 Å². The van der Waals surface area contributed by atoms with Gasteiger partial charge in [-0.15, -0.1) is 0 Å². The van der Waals surface area contributed by atoms with E-state index in [1.165, 1.54) is 25.3 Å². The van der Waals surface area contributed by atoms with Crippen molar-refractivity contribution < 1.29 is 32.5 Å². The van der Waals surface area contributed by atoms with Crippen LogP contribution in [0.3, 0.4) is 0 Å². The summed E-state index contributed by atoms with van der Waals surface area (Å²) in [5, 5.41) is 9.17. The number of pyridine rings is 1. The summed E-state index contributed by atoms with van der Waals surface area (Å²) in [5.41, 5.74) is 1.42. The summed E-state index contributed by atoms with van der Waals surface area (Å²) in [6.07, 6.45) is 1.21. The highest BCUT2D eigenvalue weighted by Crippen LogP contribution is 2.38. The molecule has 15 heteroatoms. The largest absolute Gasteiger partial charge is 0.494 e. The summed E-state index contributed by atoms with van der Waals surface area (Å²) in [7, 11) is -0.777. The molecule has 1 fully saturated rings. The molecule has 1 aliphatic rings. The van der Waals surface area contributed by atoms with Crippen molar-refractivity contribution >= 4 is 33.2 Å². The molecule has 4 aromatic rings. The number of rotatable bonds is 10. The molecule has 4 heterocycles. The van der Waals surface area contributed by atoms with Crippen LogP contribution >= 0.6 is 0 Å². The standard InChI is InChI=1S/C27H31N7O7S/c1-4-41-22-10-5-7-18(29-22)25-31-24-26(34(25)23-19(39-2)8-6-9-20(23)40-3)30-21(15-28-24)32-42(37,38)16-17-11-13-33(14-12-17)27(35)36/h5-10,15,17H,4,11-14,16H2,1-3H3,(H,30,32)(H,35,36). The predicted octanol–water partition coefficient (Wildman–Crippen LogP) is 3.43. The molecular formula is C27H31N7O7S. The number of hydrogen-bond donors (Lipinski definition) is 2. The molecule has 2 N–H and O–H groups in total. The summed E-state index contributed by atoms with van der Waals surface area (Å²) in [6, 6.07) is 10.6. The zero-order chi connectivity index (χ0) is 29.9. The molecule has 14 nitrogen and oxygen atoms in total. The number of nitrogens with one attached hydrogen (secondary N) is 1.